The van der Waals surface area contributed by atoms with Crippen LogP contribution in [0.2, 0.25) is 0 Å². The Morgan fingerprint density at radius 3 is 2.81 bits per heavy atom. The van der Waals surface area contributed by atoms with E-state index in [1.54, 1.807) is 11.3 Å². The summed E-state index contributed by atoms with van der Waals surface area (Å²) in [4.78, 5) is 5.70. The minimum atomic E-state index is 0.704. The van der Waals surface area contributed by atoms with Gasteiger partial charge in [-0.2, -0.15) is 0 Å². The van der Waals surface area contributed by atoms with E-state index in [9.17, 15) is 0 Å². The Balaban J connectivity index is 1.78. The molecule has 1 N–H and O–H groups in total. The molecule has 2 rings (SSSR count). The monoisotopic (exact) mass is 238 g/mol. The first-order chi connectivity index (χ1) is 7.65. The lowest BCUT2D eigenvalue weighted by atomic mass is 9.79. The van der Waals surface area contributed by atoms with Crippen molar-refractivity contribution in [1.82, 2.24) is 10.3 Å². The molecule has 16 heavy (non-hydrogen) atoms. The molecule has 3 unspecified atom stereocenters. The number of aromatic nitrogens is 1. The number of hydrogen-bond donors (Lipinski definition) is 1. The maximum Gasteiger partial charge on any atom is 0.107 e. The number of aryl methyl sites for hydroxylation is 1. The summed E-state index contributed by atoms with van der Waals surface area (Å²) in [6, 6.07) is 0.704. The minimum absolute atomic E-state index is 0.704. The zero-order chi connectivity index (χ0) is 11.5. The summed E-state index contributed by atoms with van der Waals surface area (Å²) in [6.07, 6.45) is 5.99. The third-order valence-corrected chi connectivity index (χ3v) is 4.72. The van der Waals surface area contributed by atoms with Gasteiger partial charge in [0.05, 0.1) is 0 Å². The maximum atomic E-state index is 4.39. The first kappa shape index (κ1) is 12.1. The van der Waals surface area contributed by atoms with Gasteiger partial charge < -0.3 is 5.32 Å². The fourth-order valence-electron chi connectivity index (χ4n) is 2.45. The van der Waals surface area contributed by atoms with E-state index >= 15 is 0 Å². The molecule has 1 aliphatic carbocycles. The summed E-state index contributed by atoms with van der Waals surface area (Å²) in [5.74, 6) is 1.77. The fraction of sp³-hybridized carbons (Fsp3) is 0.769. The lowest BCUT2D eigenvalue weighted by molar-refractivity contribution is 0.225. The van der Waals surface area contributed by atoms with Crippen LogP contribution < -0.4 is 5.32 Å². The Morgan fingerprint density at radius 1 is 1.38 bits per heavy atom. The number of nitrogens with zero attached hydrogens (tertiary/aromatic N) is 1. The second-order valence-corrected chi connectivity index (χ2v) is 6.53. The Bertz CT molecular complexity index is 334. The average molecular weight is 238 g/mol. The van der Waals surface area contributed by atoms with Gasteiger partial charge in [-0.15, -0.1) is 11.3 Å². The van der Waals surface area contributed by atoms with Crippen LogP contribution in [0.1, 0.15) is 43.0 Å². The molecule has 0 bridgehead atoms. The molecule has 3 heteroatoms. The second kappa shape index (κ2) is 5.28. The van der Waals surface area contributed by atoms with Crippen LogP contribution in [-0.4, -0.2) is 11.0 Å². The molecule has 2 nitrogen and oxygen atoms in total. The van der Waals surface area contributed by atoms with Gasteiger partial charge in [-0.1, -0.05) is 13.8 Å². The maximum absolute atomic E-state index is 4.39. The van der Waals surface area contributed by atoms with Crippen molar-refractivity contribution in [2.45, 2.75) is 52.6 Å². The van der Waals surface area contributed by atoms with Gasteiger partial charge in [-0.05, 0) is 38.0 Å². The van der Waals surface area contributed by atoms with Gasteiger partial charge in [-0.25, -0.2) is 4.98 Å². The molecule has 90 valence electrons. The van der Waals surface area contributed by atoms with Crippen LogP contribution in [0.3, 0.4) is 0 Å². The molecule has 1 heterocycles. The van der Waals surface area contributed by atoms with E-state index in [2.05, 4.69) is 31.1 Å². The number of thiazole rings is 1. The van der Waals surface area contributed by atoms with E-state index in [-0.39, 0.29) is 0 Å². The van der Waals surface area contributed by atoms with Gasteiger partial charge in [0.25, 0.3) is 0 Å². The largest absolute Gasteiger partial charge is 0.308 e. The summed E-state index contributed by atoms with van der Waals surface area (Å²) in [5, 5.41) is 4.88. The highest BCUT2D eigenvalue weighted by Crippen LogP contribution is 2.29. The summed E-state index contributed by atoms with van der Waals surface area (Å²) < 4.78 is 0. The number of nitrogens with one attached hydrogen (secondary N) is 1. The molecule has 0 spiro atoms. The third kappa shape index (κ3) is 3.05. The van der Waals surface area contributed by atoms with Gasteiger partial charge in [0.15, 0.2) is 0 Å². The second-order valence-electron chi connectivity index (χ2n) is 5.21. The summed E-state index contributed by atoms with van der Waals surface area (Å²) in [7, 11) is 0. The van der Waals surface area contributed by atoms with E-state index in [1.165, 1.54) is 29.1 Å². The van der Waals surface area contributed by atoms with Crippen molar-refractivity contribution in [2.24, 2.45) is 11.8 Å². The molecule has 3 atom stereocenters. The van der Waals surface area contributed by atoms with Crippen molar-refractivity contribution in [3.05, 3.63) is 16.1 Å². The van der Waals surface area contributed by atoms with Crippen LogP contribution in [0.15, 0.2) is 6.20 Å². The number of rotatable bonds is 3. The molecule has 1 fully saturated rings. The van der Waals surface area contributed by atoms with Gasteiger partial charge in [0, 0.05) is 23.7 Å². The predicted molar refractivity (Wildman–Crippen MR) is 69.7 cm³/mol. The molecular weight excluding hydrogens is 216 g/mol. The molecule has 0 radical (unpaired) electrons. The zero-order valence-corrected chi connectivity index (χ0v) is 11.3. The first-order valence-corrected chi connectivity index (χ1v) is 7.11. The Kier molecular flexibility index (Phi) is 3.98. The molecule has 0 saturated heterocycles. The molecule has 0 aromatic carbocycles. The van der Waals surface area contributed by atoms with E-state index in [0.717, 1.165) is 18.4 Å². The lowest BCUT2D eigenvalue weighted by Gasteiger charge is -2.32. The van der Waals surface area contributed by atoms with Crippen LogP contribution in [0, 0.1) is 18.8 Å². The van der Waals surface area contributed by atoms with Crippen LogP contribution in [0.4, 0.5) is 0 Å². The highest BCUT2D eigenvalue weighted by molar-refractivity contribution is 7.11. The van der Waals surface area contributed by atoms with Crippen molar-refractivity contribution >= 4 is 11.3 Å². The van der Waals surface area contributed by atoms with Crippen molar-refractivity contribution < 1.29 is 0 Å². The van der Waals surface area contributed by atoms with Crippen molar-refractivity contribution in [1.29, 1.82) is 0 Å². The molecular formula is C13H22N2S. The topological polar surface area (TPSA) is 24.9 Å². The smallest absolute Gasteiger partial charge is 0.107 e. The molecule has 1 aromatic rings. The van der Waals surface area contributed by atoms with Crippen molar-refractivity contribution in [3.8, 4) is 0 Å². The zero-order valence-electron chi connectivity index (χ0n) is 10.5. The fourth-order valence-corrected chi connectivity index (χ4v) is 3.19. The van der Waals surface area contributed by atoms with Gasteiger partial charge in [-0.3, -0.25) is 0 Å². The molecule has 1 aliphatic rings. The molecule has 1 aromatic heterocycles. The molecule has 0 aliphatic heterocycles. The van der Waals surface area contributed by atoms with Crippen LogP contribution in [0.5, 0.6) is 0 Å². The standard InChI is InChI=1S/C13H22N2S/c1-9-4-5-12(6-10(9)2)14-8-13-15-7-11(3)16-13/h7,9-10,12,14H,4-6,8H2,1-3H3. The quantitative estimate of drug-likeness (QED) is 0.873. The van der Waals surface area contributed by atoms with Gasteiger partial charge in [0.1, 0.15) is 5.01 Å². The Labute approximate surface area is 102 Å². The SMILES string of the molecule is Cc1cnc(CNC2CCC(C)C(C)C2)s1. The third-order valence-electron chi connectivity index (χ3n) is 3.81. The number of hydrogen-bond acceptors (Lipinski definition) is 3. The first-order valence-electron chi connectivity index (χ1n) is 6.30. The van der Waals surface area contributed by atoms with E-state index in [1.807, 2.05) is 6.20 Å². The summed E-state index contributed by atoms with van der Waals surface area (Å²) in [5.41, 5.74) is 0. The minimum Gasteiger partial charge on any atom is -0.308 e. The van der Waals surface area contributed by atoms with Crippen LogP contribution in [-0.2, 0) is 6.54 Å². The predicted octanol–water partition coefficient (Wildman–Crippen LogP) is 3.37. The summed E-state index contributed by atoms with van der Waals surface area (Å²) in [6.45, 7) is 7.83. The van der Waals surface area contributed by atoms with Crippen LogP contribution >= 0.6 is 11.3 Å². The highest BCUT2D eigenvalue weighted by Gasteiger charge is 2.24. The lowest BCUT2D eigenvalue weighted by Crippen LogP contribution is -2.35. The normalized spacial score (nSPS) is 30.6. The molecule has 1 saturated carbocycles. The van der Waals surface area contributed by atoms with Crippen molar-refractivity contribution in [2.75, 3.05) is 0 Å². The van der Waals surface area contributed by atoms with E-state index < -0.39 is 0 Å². The summed E-state index contributed by atoms with van der Waals surface area (Å²) >= 11 is 1.80. The van der Waals surface area contributed by atoms with Crippen LogP contribution in [0.25, 0.3) is 0 Å². The highest BCUT2D eigenvalue weighted by atomic mass is 32.1. The van der Waals surface area contributed by atoms with Gasteiger partial charge in [0.2, 0.25) is 0 Å². The average Bonchev–Trinajstić information content (AvgIpc) is 2.66. The van der Waals surface area contributed by atoms with E-state index in [4.69, 9.17) is 0 Å². The van der Waals surface area contributed by atoms with Gasteiger partial charge >= 0.3 is 0 Å². The Hall–Kier alpha value is -0.410. The van der Waals surface area contributed by atoms with E-state index in [0.29, 0.717) is 6.04 Å². The Morgan fingerprint density at radius 2 is 2.19 bits per heavy atom. The van der Waals surface area contributed by atoms with Crippen molar-refractivity contribution in [3.63, 3.8) is 0 Å². The molecule has 0 amide bonds.